The van der Waals surface area contributed by atoms with Crippen molar-refractivity contribution in [3.63, 3.8) is 0 Å². The molecule has 1 heterocycles. The molecule has 42 heavy (non-hydrogen) atoms. The molecule has 0 amide bonds. The second-order valence-electron chi connectivity index (χ2n) is 12.5. The number of aliphatic hydroxyl groups excluding tert-OH is 1. The summed E-state index contributed by atoms with van der Waals surface area (Å²) in [5, 5.41) is 11.8. The molecule has 13 nitrogen and oxygen atoms in total. The smallest absolute Gasteiger partial charge is 0.393 e. The highest BCUT2D eigenvalue weighted by molar-refractivity contribution is 7.61. The predicted molar refractivity (Wildman–Crippen MR) is 147 cm³/mol. The van der Waals surface area contributed by atoms with Gasteiger partial charge in [-0.1, -0.05) is 38.8 Å². The molecule has 0 aromatic rings. The highest BCUT2D eigenvalue weighted by atomic mass is 31.3. The molecule has 3 saturated carbocycles. The van der Waals surface area contributed by atoms with Gasteiger partial charge in [0.2, 0.25) is 0 Å². The van der Waals surface area contributed by atoms with E-state index in [1.54, 1.807) is 12.2 Å². The predicted octanol–water partition coefficient (Wildman–Crippen LogP) is 2.93. The number of ether oxygens (including phenoxy) is 2. The highest BCUT2D eigenvalue weighted by Crippen LogP contribution is 2.70. The Morgan fingerprint density at radius 2 is 1.93 bits per heavy atom. The number of rotatable bonds is 11. The van der Waals surface area contributed by atoms with Crippen LogP contribution in [0.25, 0.3) is 0 Å². The minimum Gasteiger partial charge on any atom is -0.393 e. The minimum atomic E-state index is -5.23. The standard InChI is InChI=1S/C27H41NO12P2/c1-4-5-23-38-22-13-19-18-7-6-16-12-17(29)8-9-25(16,2)24(18)20(30)14-26(19,3)27(22,39-23)21(31)15-37-42(34,35)40-41(32,33)36-11-10-28/h8-9,12,18-20,22-24,30H,4-7,10-11,13-15,28H2,1-3H3,(H,32,33)(H,34,35). The maximum atomic E-state index is 14.1. The van der Waals surface area contributed by atoms with E-state index in [1.165, 1.54) is 0 Å². The van der Waals surface area contributed by atoms with Crippen molar-refractivity contribution in [2.24, 2.45) is 34.3 Å². The zero-order chi connectivity index (χ0) is 30.7. The van der Waals surface area contributed by atoms with Crippen LogP contribution in [-0.2, 0) is 41.6 Å². The summed E-state index contributed by atoms with van der Waals surface area (Å²) in [4.78, 5) is 46.1. The molecular formula is C27H41NO12P2. The van der Waals surface area contributed by atoms with Crippen LogP contribution in [0.1, 0.15) is 59.3 Å². The Hall–Kier alpha value is -1.08. The van der Waals surface area contributed by atoms with Crippen molar-refractivity contribution in [3.05, 3.63) is 23.8 Å². The Labute approximate surface area is 245 Å². The number of phosphoric ester groups is 2. The summed E-state index contributed by atoms with van der Waals surface area (Å²) >= 11 is 0. The fraction of sp³-hybridized carbons (Fsp3) is 0.778. The molecule has 1 aliphatic heterocycles. The van der Waals surface area contributed by atoms with Gasteiger partial charge >= 0.3 is 15.6 Å². The summed E-state index contributed by atoms with van der Waals surface area (Å²) in [6, 6.07) is 0. The van der Waals surface area contributed by atoms with E-state index in [2.05, 4.69) is 15.8 Å². The van der Waals surface area contributed by atoms with Gasteiger partial charge in [-0.2, -0.15) is 4.31 Å². The third-order valence-corrected chi connectivity index (χ3v) is 12.8. The SMILES string of the molecule is CCCC1OC2CC3C4CCC5=CC(=O)C=CC5(C)C4C(O)CC3(C)C2(C(=O)COP(=O)(O)OP(=O)(O)OCCN)O1. The van der Waals surface area contributed by atoms with Crippen molar-refractivity contribution in [2.45, 2.75) is 83.4 Å². The molecule has 0 spiro atoms. The van der Waals surface area contributed by atoms with E-state index in [0.29, 0.717) is 25.7 Å². The topological polar surface area (TPSA) is 201 Å². The van der Waals surface area contributed by atoms with Crippen LogP contribution in [0, 0.1) is 28.6 Å². The Bertz CT molecular complexity index is 1270. The molecule has 4 fully saturated rings. The first-order valence-corrected chi connectivity index (χ1v) is 17.5. The number of hydrogen-bond donors (Lipinski definition) is 4. The van der Waals surface area contributed by atoms with Gasteiger partial charge in [0.1, 0.15) is 6.61 Å². The summed E-state index contributed by atoms with van der Waals surface area (Å²) in [5.74, 6) is -1.05. The van der Waals surface area contributed by atoms with Crippen LogP contribution in [0.15, 0.2) is 23.8 Å². The second kappa shape index (κ2) is 11.4. The van der Waals surface area contributed by atoms with Gasteiger partial charge < -0.3 is 30.1 Å². The molecule has 11 atom stereocenters. The van der Waals surface area contributed by atoms with Crippen LogP contribution in [0.2, 0.25) is 0 Å². The molecule has 5 rings (SSSR count). The van der Waals surface area contributed by atoms with Gasteiger partial charge in [0.15, 0.2) is 23.5 Å². The number of carbonyl (C=O) groups is 2. The van der Waals surface area contributed by atoms with E-state index in [9.17, 15) is 33.6 Å². The third kappa shape index (κ3) is 5.28. The van der Waals surface area contributed by atoms with E-state index in [4.69, 9.17) is 19.7 Å². The van der Waals surface area contributed by atoms with Crippen LogP contribution in [0.4, 0.5) is 0 Å². The van der Waals surface area contributed by atoms with Gasteiger partial charge in [-0.3, -0.25) is 18.6 Å². The molecule has 0 bridgehead atoms. The number of allylic oxidation sites excluding steroid dienone is 4. The van der Waals surface area contributed by atoms with E-state index in [0.717, 1.165) is 12.0 Å². The van der Waals surface area contributed by atoms with Gasteiger partial charge in [0, 0.05) is 23.3 Å². The molecular weight excluding hydrogens is 592 g/mol. The molecule has 0 aromatic carbocycles. The molecule has 5 N–H and O–H groups in total. The van der Waals surface area contributed by atoms with Crippen molar-refractivity contribution < 1.29 is 56.4 Å². The van der Waals surface area contributed by atoms with Crippen LogP contribution in [0.5, 0.6) is 0 Å². The zero-order valence-electron chi connectivity index (χ0n) is 24.0. The summed E-state index contributed by atoms with van der Waals surface area (Å²) in [6.07, 6.45) is 6.19. The molecule has 0 radical (unpaired) electrons. The average Bonchev–Trinajstić information content (AvgIpc) is 3.38. The number of nitrogens with two attached hydrogens (primary N) is 1. The number of aliphatic hydroxyl groups is 1. The summed E-state index contributed by atoms with van der Waals surface area (Å²) in [5.41, 5.74) is 3.20. The van der Waals surface area contributed by atoms with E-state index < -0.39 is 69.6 Å². The second-order valence-corrected chi connectivity index (χ2v) is 15.5. The Morgan fingerprint density at radius 1 is 1.21 bits per heavy atom. The normalized spacial score (nSPS) is 43.4. The lowest BCUT2D eigenvalue weighted by Gasteiger charge is -2.59. The van der Waals surface area contributed by atoms with Crippen molar-refractivity contribution >= 4 is 27.2 Å². The highest BCUT2D eigenvalue weighted by Gasteiger charge is 2.75. The first-order valence-electron chi connectivity index (χ1n) is 14.5. The number of phosphoric acid groups is 2. The molecule has 11 unspecified atom stereocenters. The summed E-state index contributed by atoms with van der Waals surface area (Å²) < 4.78 is 51.0. The number of hydrogen-bond acceptors (Lipinski definition) is 11. The van der Waals surface area contributed by atoms with E-state index in [1.807, 2.05) is 19.9 Å². The van der Waals surface area contributed by atoms with Gasteiger partial charge in [-0.25, -0.2) is 9.13 Å². The van der Waals surface area contributed by atoms with E-state index in [-0.39, 0.29) is 36.5 Å². The Kier molecular flexibility index (Phi) is 8.75. The maximum absolute atomic E-state index is 14.1. The van der Waals surface area contributed by atoms with Crippen LogP contribution in [0.3, 0.4) is 0 Å². The van der Waals surface area contributed by atoms with Gasteiger partial charge in [0.05, 0.1) is 18.8 Å². The maximum Gasteiger partial charge on any atom is 0.481 e. The number of ketones is 2. The lowest BCUT2D eigenvalue weighted by Crippen LogP contribution is -2.63. The van der Waals surface area contributed by atoms with Crippen LogP contribution in [-0.4, -0.2) is 70.3 Å². The molecule has 15 heteroatoms. The van der Waals surface area contributed by atoms with Crippen LogP contribution < -0.4 is 5.73 Å². The monoisotopic (exact) mass is 633 g/mol. The first-order chi connectivity index (χ1) is 19.6. The third-order valence-electron chi connectivity index (χ3n) is 10.2. The number of fused-ring (bicyclic) bond motifs is 7. The van der Waals surface area contributed by atoms with Gasteiger partial charge in [-0.15, -0.1) is 0 Å². The zero-order valence-corrected chi connectivity index (χ0v) is 25.8. The van der Waals surface area contributed by atoms with Crippen molar-refractivity contribution in [2.75, 3.05) is 19.8 Å². The summed E-state index contributed by atoms with van der Waals surface area (Å²) in [6.45, 7) is 4.39. The lowest BCUT2D eigenvalue weighted by molar-refractivity contribution is -0.200. The fourth-order valence-corrected chi connectivity index (χ4v) is 10.6. The van der Waals surface area contributed by atoms with Crippen molar-refractivity contribution in [1.29, 1.82) is 0 Å². The molecule has 4 aliphatic carbocycles. The lowest BCUT2D eigenvalue weighted by atomic mass is 9.46. The Morgan fingerprint density at radius 3 is 2.62 bits per heavy atom. The van der Waals surface area contributed by atoms with Crippen molar-refractivity contribution in [3.8, 4) is 0 Å². The van der Waals surface area contributed by atoms with E-state index >= 15 is 0 Å². The quantitative estimate of drug-likeness (QED) is 0.242. The molecule has 236 valence electrons. The fourth-order valence-electron chi connectivity index (χ4n) is 8.60. The molecule has 1 saturated heterocycles. The number of carbonyl (C=O) groups excluding carboxylic acids is 2. The van der Waals surface area contributed by atoms with Gasteiger partial charge in [0.25, 0.3) is 0 Å². The molecule has 5 aliphatic rings. The Balaban J connectivity index is 1.43. The average molecular weight is 634 g/mol. The largest absolute Gasteiger partial charge is 0.481 e. The number of Topliss-reactive ketones (excluding diaryl/α,β-unsaturated/α-hetero) is 1. The minimum absolute atomic E-state index is 0.0148. The van der Waals surface area contributed by atoms with Gasteiger partial charge in [-0.05, 0) is 56.1 Å². The first kappa shape index (κ1) is 32.3. The molecule has 0 aromatic heterocycles. The summed E-state index contributed by atoms with van der Waals surface area (Å²) in [7, 11) is -10.2. The van der Waals surface area contributed by atoms with Crippen molar-refractivity contribution in [1.82, 2.24) is 0 Å². The van der Waals surface area contributed by atoms with Crippen LogP contribution >= 0.6 is 15.6 Å².